The smallest absolute Gasteiger partial charge is 0.164 e. The molecule has 8 rings (SSSR count). The van der Waals surface area contributed by atoms with Crippen LogP contribution in [0, 0.1) is 0 Å². The van der Waals surface area contributed by atoms with Gasteiger partial charge in [-0.05, 0) is 62.7 Å². The maximum atomic E-state index is 5.05. The number of hydrogen-bond donors (Lipinski definition) is 0. The average molecular weight is 578 g/mol. The molecule has 0 N–H and O–H groups in total. The molecule has 0 fully saturated rings. The first kappa shape index (κ1) is 26.9. The number of hydrogen-bond acceptors (Lipinski definition) is 3. The quantitative estimate of drug-likeness (QED) is 0.204. The van der Waals surface area contributed by atoms with Gasteiger partial charge in [0.1, 0.15) is 0 Å². The standard InChI is InChI=1S/C42H31N3/c1-42(2)37-22-10-9-21-35(37)36-24-23-32(27-38(36)42)31-18-12-20-34(26-31)41-44-39(29-15-7-4-8-16-29)43-40(45-41)33-19-11-17-30(25-33)28-13-5-3-6-14-28/h3-27H,1-2H3. The number of aromatic nitrogens is 3. The largest absolute Gasteiger partial charge is 0.208 e. The molecule has 3 nitrogen and oxygen atoms in total. The summed E-state index contributed by atoms with van der Waals surface area (Å²) in [6, 6.07) is 53.1. The molecule has 7 aromatic rings. The molecular formula is C42H31N3. The van der Waals surface area contributed by atoms with Crippen molar-refractivity contribution in [1.82, 2.24) is 15.0 Å². The van der Waals surface area contributed by atoms with Crippen LogP contribution < -0.4 is 0 Å². The van der Waals surface area contributed by atoms with Crippen LogP contribution in [0.1, 0.15) is 25.0 Å². The first-order valence-corrected chi connectivity index (χ1v) is 15.4. The Morgan fingerprint density at radius 3 is 1.42 bits per heavy atom. The second kappa shape index (κ2) is 10.8. The lowest BCUT2D eigenvalue weighted by Crippen LogP contribution is -2.14. The normalized spacial score (nSPS) is 12.8. The fourth-order valence-electron chi connectivity index (χ4n) is 6.54. The van der Waals surface area contributed by atoms with E-state index in [2.05, 4.69) is 129 Å². The van der Waals surface area contributed by atoms with E-state index in [4.69, 9.17) is 15.0 Å². The van der Waals surface area contributed by atoms with Crippen LogP contribution >= 0.6 is 0 Å². The van der Waals surface area contributed by atoms with E-state index in [1.165, 1.54) is 27.8 Å². The van der Waals surface area contributed by atoms with Crippen LogP contribution in [-0.4, -0.2) is 15.0 Å². The summed E-state index contributed by atoms with van der Waals surface area (Å²) >= 11 is 0. The molecule has 45 heavy (non-hydrogen) atoms. The Balaban J connectivity index is 1.23. The van der Waals surface area contributed by atoms with Crippen molar-refractivity contribution in [3.8, 4) is 67.5 Å². The maximum absolute atomic E-state index is 5.05. The summed E-state index contributed by atoms with van der Waals surface area (Å²) in [6.07, 6.45) is 0. The van der Waals surface area contributed by atoms with E-state index in [-0.39, 0.29) is 5.41 Å². The second-order valence-corrected chi connectivity index (χ2v) is 12.1. The Morgan fingerprint density at radius 2 is 0.778 bits per heavy atom. The van der Waals surface area contributed by atoms with E-state index in [0.717, 1.165) is 33.4 Å². The molecule has 0 saturated heterocycles. The van der Waals surface area contributed by atoms with Crippen molar-refractivity contribution in [3.63, 3.8) is 0 Å². The van der Waals surface area contributed by atoms with Crippen LogP contribution in [0.25, 0.3) is 67.5 Å². The molecule has 3 heteroatoms. The number of benzene rings is 6. The SMILES string of the molecule is CC1(C)c2ccccc2-c2ccc(-c3cccc(-c4nc(-c5ccccc5)nc(-c5cccc(-c6ccccc6)c5)n4)c3)cc21. The van der Waals surface area contributed by atoms with E-state index in [0.29, 0.717) is 17.5 Å². The van der Waals surface area contributed by atoms with Gasteiger partial charge >= 0.3 is 0 Å². The fourth-order valence-corrected chi connectivity index (χ4v) is 6.54. The van der Waals surface area contributed by atoms with Gasteiger partial charge in [0.05, 0.1) is 0 Å². The monoisotopic (exact) mass is 577 g/mol. The van der Waals surface area contributed by atoms with Crippen LogP contribution in [0.5, 0.6) is 0 Å². The molecule has 0 amide bonds. The maximum Gasteiger partial charge on any atom is 0.164 e. The topological polar surface area (TPSA) is 38.7 Å². The highest BCUT2D eigenvalue weighted by Crippen LogP contribution is 2.49. The highest BCUT2D eigenvalue weighted by Gasteiger charge is 2.35. The minimum absolute atomic E-state index is 0.0540. The summed E-state index contributed by atoms with van der Waals surface area (Å²) in [7, 11) is 0. The van der Waals surface area contributed by atoms with Gasteiger partial charge in [0.15, 0.2) is 17.5 Å². The van der Waals surface area contributed by atoms with E-state index in [1.807, 2.05) is 36.4 Å². The van der Waals surface area contributed by atoms with Gasteiger partial charge in [0.25, 0.3) is 0 Å². The van der Waals surface area contributed by atoms with Crippen molar-refractivity contribution in [2.24, 2.45) is 0 Å². The molecule has 0 atom stereocenters. The molecule has 6 aromatic carbocycles. The fraction of sp³-hybridized carbons (Fsp3) is 0.0714. The Kier molecular flexibility index (Phi) is 6.46. The van der Waals surface area contributed by atoms with Crippen molar-refractivity contribution in [2.75, 3.05) is 0 Å². The van der Waals surface area contributed by atoms with Gasteiger partial charge in [-0.15, -0.1) is 0 Å². The third kappa shape index (κ3) is 4.83. The second-order valence-electron chi connectivity index (χ2n) is 12.1. The van der Waals surface area contributed by atoms with Gasteiger partial charge in [-0.1, -0.05) is 147 Å². The van der Waals surface area contributed by atoms with E-state index >= 15 is 0 Å². The molecule has 0 unspecified atom stereocenters. The van der Waals surface area contributed by atoms with Crippen molar-refractivity contribution in [2.45, 2.75) is 19.3 Å². The molecule has 0 radical (unpaired) electrons. The third-order valence-electron chi connectivity index (χ3n) is 8.93. The van der Waals surface area contributed by atoms with E-state index < -0.39 is 0 Å². The number of rotatable bonds is 5. The van der Waals surface area contributed by atoms with Crippen LogP contribution in [0.4, 0.5) is 0 Å². The van der Waals surface area contributed by atoms with Gasteiger partial charge in [-0.2, -0.15) is 0 Å². The molecule has 0 aliphatic heterocycles. The Bertz CT molecular complexity index is 2180. The average Bonchev–Trinajstić information content (AvgIpc) is 3.34. The summed E-state index contributed by atoms with van der Waals surface area (Å²) in [5.74, 6) is 1.96. The van der Waals surface area contributed by atoms with E-state index in [9.17, 15) is 0 Å². The van der Waals surface area contributed by atoms with Crippen LogP contribution in [-0.2, 0) is 5.41 Å². The Labute approximate surface area is 264 Å². The van der Waals surface area contributed by atoms with Crippen molar-refractivity contribution in [1.29, 1.82) is 0 Å². The summed E-state index contributed by atoms with van der Waals surface area (Å²) in [6.45, 7) is 4.64. The van der Waals surface area contributed by atoms with Crippen LogP contribution in [0.3, 0.4) is 0 Å². The zero-order valence-corrected chi connectivity index (χ0v) is 25.3. The van der Waals surface area contributed by atoms with Crippen molar-refractivity contribution < 1.29 is 0 Å². The van der Waals surface area contributed by atoms with Crippen molar-refractivity contribution >= 4 is 0 Å². The zero-order chi connectivity index (χ0) is 30.4. The minimum Gasteiger partial charge on any atom is -0.208 e. The highest BCUT2D eigenvalue weighted by atomic mass is 15.0. The third-order valence-corrected chi connectivity index (χ3v) is 8.93. The highest BCUT2D eigenvalue weighted by molar-refractivity contribution is 5.84. The summed E-state index contributed by atoms with van der Waals surface area (Å²) < 4.78 is 0. The minimum atomic E-state index is -0.0540. The lowest BCUT2D eigenvalue weighted by atomic mass is 9.81. The van der Waals surface area contributed by atoms with Gasteiger partial charge in [-0.25, -0.2) is 15.0 Å². The Hall–Kier alpha value is -5.67. The molecule has 0 spiro atoms. The van der Waals surface area contributed by atoms with Crippen LogP contribution in [0.2, 0.25) is 0 Å². The van der Waals surface area contributed by atoms with Crippen molar-refractivity contribution in [3.05, 3.63) is 163 Å². The molecule has 0 saturated carbocycles. The van der Waals surface area contributed by atoms with Gasteiger partial charge in [0, 0.05) is 22.1 Å². The summed E-state index contributed by atoms with van der Waals surface area (Å²) in [5, 5.41) is 0. The lowest BCUT2D eigenvalue weighted by molar-refractivity contribution is 0.660. The molecular weight excluding hydrogens is 546 g/mol. The first-order chi connectivity index (χ1) is 22.0. The number of nitrogens with zero attached hydrogens (tertiary/aromatic N) is 3. The van der Waals surface area contributed by atoms with Gasteiger partial charge < -0.3 is 0 Å². The molecule has 0 bridgehead atoms. The molecule has 1 aromatic heterocycles. The predicted octanol–water partition coefficient (Wildman–Crippen LogP) is 10.5. The molecule has 214 valence electrons. The van der Waals surface area contributed by atoms with Crippen LogP contribution in [0.15, 0.2) is 152 Å². The van der Waals surface area contributed by atoms with E-state index in [1.54, 1.807) is 0 Å². The summed E-state index contributed by atoms with van der Waals surface area (Å²) in [4.78, 5) is 15.0. The molecule has 1 heterocycles. The lowest BCUT2D eigenvalue weighted by Gasteiger charge is -2.22. The first-order valence-electron chi connectivity index (χ1n) is 15.4. The van der Waals surface area contributed by atoms with Gasteiger partial charge in [-0.3, -0.25) is 0 Å². The molecule has 1 aliphatic rings. The number of fused-ring (bicyclic) bond motifs is 3. The predicted molar refractivity (Wildman–Crippen MR) is 185 cm³/mol. The Morgan fingerprint density at radius 1 is 0.333 bits per heavy atom. The summed E-state index contributed by atoms with van der Waals surface area (Å²) in [5.41, 5.74) is 12.8. The van der Waals surface area contributed by atoms with Gasteiger partial charge in [0.2, 0.25) is 0 Å². The molecule has 1 aliphatic carbocycles. The zero-order valence-electron chi connectivity index (χ0n) is 25.3.